The maximum Gasteiger partial charge on any atom is 0.269 e. The summed E-state index contributed by atoms with van der Waals surface area (Å²) in [5.41, 5.74) is 1.19. The van der Waals surface area contributed by atoms with Crippen molar-refractivity contribution >= 4 is 17.3 Å². The van der Waals surface area contributed by atoms with Crippen LogP contribution >= 0.6 is 0 Å². The topological polar surface area (TPSA) is 67.9 Å². The largest absolute Gasteiger partial charge is 1.00 e. The van der Waals surface area contributed by atoms with Crippen LogP contribution in [-0.2, 0) is 4.79 Å². The Bertz CT molecular complexity index is 565. The zero-order chi connectivity index (χ0) is 16.2. The summed E-state index contributed by atoms with van der Waals surface area (Å²) in [6, 6.07) is 6.77. The molecule has 1 amide bonds. The smallest absolute Gasteiger partial charge is 0.269 e. The summed E-state index contributed by atoms with van der Waals surface area (Å²) in [4.78, 5) is 26.2. The molecule has 0 aromatic heterocycles. The van der Waals surface area contributed by atoms with Gasteiger partial charge in [-0.1, -0.05) is 19.3 Å². The molecule has 1 aromatic rings. The Morgan fingerprint density at radius 3 is 2.21 bits per heavy atom. The number of hydrogen-bond donors (Lipinski definition) is 1. The highest BCUT2D eigenvalue weighted by Crippen LogP contribution is 2.25. The minimum atomic E-state index is -0.375. The number of nitro benzene ring substituents is 1. The van der Waals surface area contributed by atoms with Crippen LogP contribution in [-0.4, -0.2) is 41.9 Å². The second kappa shape index (κ2) is 8.44. The number of nitro groups is 1. The number of benzene rings is 1. The van der Waals surface area contributed by atoms with Crippen LogP contribution in [0.15, 0.2) is 24.3 Å². The van der Waals surface area contributed by atoms with Crippen LogP contribution in [0.1, 0.15) is 32.1 Å². The van der Waals surface area contributed by atoms with Gasteiger partial charge in [-0.2, -0.15) is 0 Å². The molecule has 0 unspecified atom stereocenters. The summed E-state index contributed by atoms with van der Waals surface area (Å²) in [5, 5.41) is 10.7. The molecule has 0 atom stereocenters. The van der Waals surface area contributed by atoms with Crippen molar-refractivity contribution in [2.75, 3.05) is 26.2 Å². The highest BCUT2D eigenvalue weighted by molar-refractivity contribution is 5.79. The number of hydrogen-bond acceptors (Lipinski definition) is 3. The molecule has 6 nitrogen and oxygen atoms in total. The molecule has 2 aliphatic rings. The minimum absolute atomic E-state index is 0. The van der Waals surface area contributed by atoms with Crippen molar-refractivity contribution < 1.29 is 27.0 Å². The summed E-state index contributed by atoms with van der Waals surface area (Å²) in [6.07, 6.45) is 5.74. The van der Waals surface area contributed by atoms with Gasteiger partial charge in [-0.15, -0.1) is 0 Å². The maximum atomic E-state index is 12.6. The number of nitrogens with one attached hydrogen (secondary N) is 1. The van der Waals surface area contributed by atoms with Crippen LogP contribution in [0.25, 0.3) is 0 Å². The summed E-state index contributed by atoms with van der Waals surface area (Å²) in [7, 11) is 0. The molecule has 0 bridgehead atoms. The van der Waals surface area contributed by atoms with Gasteiger partial charge in [0.15, 0.2) is 0 Å². The van der Waals surface area contributed by atoms with E-state index in [1.807, 2.05) is 17.0 Å². The summed E-state index contributed by atoms with van der Waals surface area (Å²) in [5.74, 6) is 0.581. The van der Waals surface area contributed by atoms with Crippen molar-refractivity contribution in [2.24, 2.45) is 5.92 Å². The van der Waals surface area contributed by atoms with Crippen molar-refractivity contribution in [3.8, 4) is 0 Å². The average Bonchev–Trinajstić information content (AvgIpc) is 2.62. The quantitative estimate of drug-likeness (QED) is 0.533. The standard InChI is InChI=1S/C17H23N3O3.ClH/c21-17(14-4-2-1-3-5-14)19-12-10-18(11-13-19)15-6-8-16(9-7-15)20(22)23;/h6-9,14H,1-5,10-13H2;1H. The minimum Gasteiger partial charge on any atom is -1.00 e. The number of rotatable bonds is 3. The van der Waals surface area contributed by atoms with Crippen LogP contribution in [0.4, 0.5) is 11.4 Å². The molecular formula is C17H24ClN3O3. The molecule has 1 aromatic carbocycles. The number of nitrogens with zero attached hydrogens (tertiary/aromatic N) is 2. The van der Waals surface area contributed by atoms with E-state index >= 15 is 0 Å². The summed E-state index contributed by atoms with van der Waals surface area (Å²) in [6.45, 7) is 3.30. The first-order valence-corrected chi connectivity index (χ1v) is 8.53. The first-order chi connectivity index (χ1) is 11.1. The third-order valence-electron chi connectivity index (χ3n) is 5.12. The number of quaternary nitrogens is 1. The molecule has 0 radical (unpaired) electrons. The van der Waals surface area contributed by atoms with Crippen molar-refractivity contribution in [2.45, 2.75) is 32.1 Å². The molecule has 0 spiro atoms. The molecule has 1 saturated heterocycles. The van der Waals surface area contributed by atoms with Gasteiger partial charge >= 0.3 is 0 Å². The molecule has 7 heteroatoms. The van der Waals surface area contributed by atoms with Crippen molar-refractivity contribution in [3.05, 3.63) is 34.4 Å². The van der Waals surface area contributed by atoms with Gasteiger partial charge in [0.25, 0.3) is 5.69 Å². The number of non-ortho nitro benzene ring substituents is 1. The fourth-order valence-corrected chi connectivity index (χ4v) is 3.71. The van der Waals surface area contributed by atoms with Crippen molar-refractivity contribution in [3.63, 3.8) is 0 Å². The molecule has 132 valence electrons. The Balaban J connectivity index is 0.00000208. The predicted molar refractivity (Wildman–Crippen MR) is 86.6 cm³/mol. The molecule has 24 heavy (non-hydrogen) atoms. The second-order valence-electron chi connectivity index (χ2n) is 6.57. The van der Waals surface area contributed by atoms with Crippen molar-refractivity contribution in [1.29, 1.82) is 0 Å². The lowest BCUT2D eigenvalue weighted by molar-refractivity contribution is -0.837. The van der Waals surface area contributed by atoms with E-state index in [0.717, 1.165) is 44.7 Å². The summed E-state index contributed by atoms with van der Waals surface area (Å²) >= 11 is 0. The van der Waals surface area contributed by atoms with E-state index < -0.39 is 0 Å². The highest BCUT2D eigenvalue weighted by atomic mass is 35.5. The number of amides is 1. The first-order valence-electron chi connectivity index (χ1n) is 8.53. The lowest BCUT2D eigenvalue weighted by Gasteiger charge is -2.34. The number of piperazine rings is 1. The van der Waals surface area contributed by atoms with Crippen LogP contribution in [0.5, 0.6) is 0 Å². The van der Waals surface area contributed by atoms with E-state index in [4.69, 9.17) is 0 Å². The fraction of sp³-hybridized carbons (Fsp3) is 0.588. The van der Waals surface area contributed by atoms with E-state index in [1.54, 1.807) is 12.1 Å². The Labute approximate surface area is 148 Å². The lowest BCUT2D eigenvalue weighted by atomic mass is 9.88. The van der Waals surface area contributed by atoms with Crippen LogP contribution in [0.3, 0.4) is 0 Å². The third-order valence-corrected chi connectivity index (χ3v) is 5.12. The van der Waals surface area contributed by atoms with Gasteiger partial charge in [-0.3, -0.25) is 19.8 Å². The van der Waals surface area contributed by atoms with Crippen LogP contribution in [0, 0.1) is 16.0 Å². The lowest BCUT2D eigenvalue weighted by Crippen LogP contribution is -3.10. The van der Waals surface area contributed by atoms with E-state index in [0.29, 0.717) is 5.91 Å². The predicted octanol–water partition coefficient (Wildman–Crippen LogP) is -1.46. The van der Waals surface area contributed by atoms with Gasteiger partial charge in [-0.25, -0.2) is 0 Å². The summed E-state index contributed by atoms with van der Waals surface area (Å²) < 4.78 is 0. The first kappa shape index (κ1) is 18.7. The van der Waals surface area contributed by atoms with E-state index in [9.17, 15) is 14.9 Å². The van der Waals surface area contributed by atoms with Gasteiger partial charge < -0.3 is 17.3 Å². The number of halogens is 1. The molecule has 1 aliphatic heterocycles. The molecule has 1 saturated carbocycles. The van der Waals surface area contributed by atoms with Gasteiger partial charge in [0.05, 0.1) is 31.1 Å². The molecule has 1 aliphatic carbocycles. The molecule has 1 heterocycles. The van der Waals surface area contributed by atoms with Crippen molar-refractivity contribution in [1.82, 2.24) is 4.90 Å². The van der Waals surface area contributed by atoms with E-state index in [2.05, 4.69) is 0 Å². The molecule has 1 N–H and O–H groups in total. The molecule has 3 rings (SSSR count). The van der Waals surface area contributed by atoms with Gasteiger partial charge in [-0.05, 0) is 12.8 Å². The van der Waals surface area contributed by atoms with Gasteiger partial charge in [0, 0.05) is 30.2 Å². The Hall–Kier alpha value is -1.66. The van der Waals surface area contributed by atoms with E-state index in [-0.39, 0.29) is 28.9 Å². The SMILES string of the molecule is O=C(C1CCCCC1)N1CC[NH+](c2ccc([N+](=O)[O-])cc2)CC1.[Cl-]. The monoisotopic (exact) mass is 353 g/mol. The second-order valence-corrected chi connectivity index (χ2v) is 6.57. The Morgan fingerprint density at radius 1 is 1.08 bits per heavy atom. The Morgan fingerprint density at radius 2 is 1.67 bits per heavy atom. The zero-order valence-electron chi connectivity index (χ0n) is 13.7. The Kier molecular flexibility index (Phi) is 6.57. The van der Waals surface area contributed by atoms with Crippen LogP contribution in [0.2, 0.25) is 0 Å². The fourth-order valence-electron chi connectivity index (χ4n) is 3.71. The average molecular weight is 354 g/mol. The number of carbonyl (C=O) groups is 1. The van der Waals surface area contributed by atoms with E-state index in [1.165, 1.54) is 24.2 Å². The number of carbonyl (C=O) groups excluding carboxylic acids is 1. The maximum absolute atomic E-state index is 12.6. The van der Waals surface area contributed by atoms with Gasteiger partial charge in [0.1, 0.15) is 5.69 Å². The normalized spacial score (nSPS) is 19.6. The zero-order valence-corrected chi connectivity index (χ0v) is 14.5. The van der Waals surface area contributed by atoms with Gasteiger partial charge in [0.2, 0.25) is 5.91 Å². The molecule has 2 fully saturated rings. The third kappa shape index (κ3) is 4.24. The molecular weight excluding hydrogens is 330 g/mol. The highest BCUT2D eigenvalue weighted by Gasteiger charge is 2.30. The van der Waals surface area contributed by atoms with Crippen LogP contribution < -0.4 is 17.3 Å².